The van der Waals surface area contributed by atoms with Gasteiger partial charge in [-0.05, 0) is 32.1 Å². The van der Waals surface area contributed by atoms with Crippen LogP contribution in [0.15, 0.2) is 65.9 Å². The van der Waals surface area contributed by atoms with E-state index >= 15 is 0 Å². The molecule has 0 fully saturated rings. The van der Waals surface area contributed by atoms with Crippen LogP contribution in [0.5, 0.6) is 5.75 Å². The average molecular weight is 408 g/mol. The molecule has 6 nitrogen and oxygen atoms in total. The van der Waals surface area contributed by atoms with Gasteiger partial charge in [-0.1, -0.05) is 48.5 Å². The van der Waals surface area contributed by atoms with Gasteiger partial charge in [0.1, 0.15) is 5.75 Å². The number of aliphatic hydroxyl groups is 1. The topological polar surface area (TPSA) is 70.1 Å². The third-order valence-corrected chi connectivity index (χ3v) is 5.31. The Bertz CT molecular complexity index is 937. The number of hydrogen-bond donors (Lipinski definition) is 1. The highest BCUT2D eigenvalue weighted by Crippen LogP contribution is 2.41. The summed E-state index contributed by atoms with van der Waals surface area (Å²) in [5.74, 6) is -0.625. The second-order valence-electron chi connectivity index (χ2n) is 7.62. The van der Waals surface area contributed by atoms with Crippen molar-refractivity contribution in [3.63, 3.8) is 0 Å². The van der Waals surface area contributed by atoms with Gasteiger partial charge >= 0.3 is 0 Å². The molecule has 1 N–H and O–H groups in total. The molecular formula is C24H28N2O4. The van der Waals surface area contributed by atoms with Crippen molar-refractivity contribution in [2.45, 2.75) is 18.9 Å². The number of rotatable bonds is 9. The maximum atomic E-state index is 13.2. The van der Waals surface area contributed by atoms with Crippen LogP contribution < -0.4 is 4.74 Å². The van der Waals surface area contributed by atoms with Crippen LogP contribution in [0.3, 0.4) is 0 Å². The van der Waals surface area contributed by atoms with Crippen molar-refractivity contribution in [3.8, 4) is 5.75 Å². The lowest BCUT2D eigenvalue weighted by atomic mass is 9.92. The summed E-state index contributed by atoms with van der Waals surface area (Å²) in [6, 6.07) is 16.3. The SMILES string of the molecule is COc1ccccc1C1C(C(=O)CCc2ccccc2)=C(O)C(=O)N1CCN(C)C. The smallest absolute Gasteiger partial charge is 0.290 e. The average Bonchev–Trinajstić information content (AvgIpc) is 3.01. The Morgan fingerprint density at radius 3 is 2.43 bits per heavy atom. The number of para-hydroxylation sites is 1. The minimum Gasteiger partial charge on any atom is -0.503 e. The molecule has 1 aliphatic rings. The Morgan fingerprint density at radius 1 is 1.10 bits per heavy atom. The van der Waals surface area contributed by atoms with E-state index in [2.05, 4.69) is 0 Å². The fourth-order valence-corrected chi connectivity index (χ4v) is 3.73. The summed E-state index contributed by atoms with van der Waals surface area (Å²) in [6.07, 6.45) is 0.755. The van der Waals surface area contributed by atoms with Crippen LogP contribution >= 0.6 is 0 Å². The number of amides is 1. The van der Waals surface area contributed by atoms with E-state index < -0.39 is 17.7 Å². The highest BCUT2D eigenvalue weighted by Gasteiger charge is 2.44. The van der Waals surface area contributed by atoms with Gasteiger partial charge < -0.3 is 19.6 Å². The zero-order chi connectivity index (χ0) is 21.7. The normalized spacial score (nSPS) is 16.5. The van der Waals surface area contributed by atoms with Crippen molar-refractivity contribution in [2.24, 2.45) is 0 Å². The van der Waals surface area contributed by atoms with E-state index in [-0.39, 0.29) is 17.8 Å². The van der Waals surface area contributed by atoms with Gasteiger partial charge in [-0.15, -0.1) is 0 Å². The first-order valence-corrected chi connectivity index (χ1v) is 10.0. The van der Waals surface area contributed by atoms with Crippen molar-refractivity contribution < 1.29 is 19.4 Å². The summed E-state index contributed by atoms with van der Waals surface area (Å²) in [7, 11) is 5.38. The molecule has 1 atom stereocenters. The zero-order valence-electron chi connectivity index (χ0n) is 17.7. The maximum absolute atomic E-state index is 13.2. The lowest BCUT2D eigenvalue weighted by Gasteiger charge is -2.29. The number of benzene rings is 2. The minimum atomic E-state index is -0.670. The highest BCUT2D eigenvalue weighted by molar-refractivity contribution is 6.09. The molecule has 2 aromatic rings. The molecule has 3 rings (SSSR count). The van der Waals surface area contributed by atoms with Crippen molar-refractivity contribution in [1.82, 2.24) is 9.80 Å². The number of hydrogen-bond acceptors (Lipinski definition) is 5. The van der Waals surface area contributed by atoms with Crippen LogP contribution in [0.4, 0.5) is 0 Å². The predicted octanol–water partition coefficient (Wildman–Crippen LogP) is 3.15. The number of ketones is 1. The third-order valence-electron chi connectivity index (χ3n) is 5.31. The first kappa shape index (κ1) is 21.6. The fourth-order valence-electron chi connectivity index (χ4n) is 3.73. The Balaban J connectivity index is 1.95. The molecule has 2 aromatic carbocycles. The van der Waals surface area contributed by atoms with Gasteiger partial charge in [0.05, 0.1) is 18.7 Å². The maximum Gasteiger partial charge on any atom is 0.290 e. The molecular weight excluding hydrogens is 380 g/mol. The van der Waals surface area contributed by atoms with Gasteiger partial charge in [0, 0.05) is 25.1 Å². The Labute approximate surface area is 177 Å². The van der Waals surface area contributed by atoms with Crippen molar-refractivity contribution in [1.29, 1.82) is 0 Å². The van der Waals surface area contributed by atoms with E-state index in [1.807, 2.05) is 67.5 Å². The molecule has 1 amide bonds. The van der Waals surface area contributed by atoms with E-state index in [1.165, 1.54) is 0 Å². The molecule has 1 unspecified atom stereocenters. The molecule has 0 saturated carbocycles. The molecule has 158 valence electrons. The van der Waals surface area contributed by atoms with E-state index in [9.17, 15) is 14.7 Å². The number of ether oxygens (including phenoxy) is 1. The Morgan fingerprint density at radius 2 is 1.77 bits per heavy atom. The molecule has 6 heteroatoms. The molecule has 0 bridgehead atoms. The highest BCUT2D eigenvalue weighted by atomic mass is 16.5. The van der Waals surface area contributed by atoms with Crippen LogP contribution in [0, 0.1) is 0 Å². The second-order valence-corrected chi connectivity index (χ2v) is 7.62. The quantitative estimate of drug-likeness (QED) is 0.690. The van der Waals surface area contributed by atoms with Gasteiger partial charge in [-0.2, -0.15) is 0 Å². The predicted molar refractivity (Wildman–Crippen MR) is 115 cm³/mol. The number of methoxy groups -OCH3 is 1. The van der Waals surface area contributed by atoms with Gasteiger partial charge in [0.25, 0.3) is 5.91 Å². The number of aryl methyl sites for hydroxylation is 1. The first-order chi connectivity index (χ1) is 14.4. The number of carbonyl (C=O) groups excluding carboxylic acids is 2. The fraction of sp³-hybridized carbons (Fsp3) is 0.333. The van der Waals surface area contributed by atoms with Crippen molar-refractivity contribution in [2.75, 3.05) is 34.3 Å². The van der Waals surface area contributed by atoms with E-state index in [0.29, 0.717) is 30.8 Å². The standard InChI is InChI=1S/C24H28N2O4/c1-25(2)15-16-26-22(18-11-7-8-12-20(18)30-3)21(23(28)24(26)29)19(27)14-13-17-9-5-4-6-10-17/h4-12,22,28H,13-16H2,1-3H3. The summed E-state index contributed by atoms with van der Waals surface area (Å²) in [4.78, 5) is 29.6. The van der Waals surface area contributed by atoms with Gasteiger partial charge in [-0.3, -0.25) is 9.59 Å². The molecule has 0 spiro atoms. The van der Waals surface area contributed by atoms with E-state index in [4.69, 9.17) is 4.74 Å². The van der Waals surface area contributed by atoms with E-state index in [0.717, 1.165) is 5.56 Å². The van der Waals surface area contributed by atoms with Crippen molar-refractivity contribution >= 4 is 11.7 Å². The third kappa shape index (κ3) is 4.54. The summed E-state index contributed by atoms with van der Waals surface area (Å²) in [6.45, 7) is 0.990. The van der Waals surface area contributed by atoms with Crippen LogP contribution in [-0.2, 0) is 16.0 Å². The second kappa shape index (κ2) is 9.59. The largest absolute Gasteiger partial charge is 0.503 e. The molecule has 0 aromatic heterocycles. The van der Waals surface area contributed by atoms with Crippen LogP contribution in [0.1, 0.15) is 23.6 Å². The molecule has 0 aliphatic carbocycles. The Kier molecular flexibility index (Phi) is 6.90. The molecule has 30 heavy (non-hydrogen) atoms. The number of aliphatic hydroxyl groups excluding tert-OH is 1. The number of nitrogens with zero attached hydrogens (tertiary/aromatic N) is 2. The number of carbonyl (C=O) groups is 2. The van der Waals surface area contributed by atoms with Crippen LogP contribution in [0.25, 0.3) is 0 Å². The Hall–Kier alpha value is -3.12. The molecule has 1 aliphatic heterocycles. The molecule has 1 heterocycles. The number of Topliss-reactive ketones (excluding diaryl/α,β-unsaturated/α-hetero) is 1. The van der Waals surface area contributed by atoms with Crippen LogP contribution in [-0.4, -0.2) is 60.9 Å². The van der Waals surface area contributed by atoms with Gasteiger partial charge in [-0.25, -0.2) is 0 Å². The minimum absolute atomic E-state index is 0.152. The summed E-state index contributed by atoms with van der Waals surface area (Å²) in [5, 5.41) is 10.7. The lowest BCUT2D eigenvalue weighted by molar-refractivity contribution is -0.129. The molecule has 0 radical (unpaired) electrons. The van der Waals surface area contributed by atoms with Crippen LogP contribution in [0.2, 0.25) is 0 Å². The summed E-state index contributed by atoms with van der Waals surface area (Å²) < 4.78 is 5.50. The van der Waals surface area contributed by atoms with Gasteiger partial charge in [0.2, 0.25) is 0 Å². The number of likely N-dealkylation sites (N-methyl/N-ethyl adjacent to an activating group) is 1. The van der Waals surface area contributed by atoms with Gasteiger partial charge in [0.15, 0.2) is 11.5 Å². The first-order valence-electron chi connectivity index (χ1n) is 10.0. The molecule has 0 saturated heterocycles. The monoisotopic (exact) mass is 408 g/mol. The van der Waals surface area contributed by atoms with Crippen molar-refractivity contribution in [3.05, 3.63) is 77.1 Å². The summed E-state index contributed by atoms with van der Waals surface area (Å²) >= 11 is 0. The zero-order valence-corrected chi connectivity index (χ0v) is 17.7. The summed E-state index contributed by atoms with van der Waals surface area (Å²) in [5.41, 5.74) is 1.88. The lowest BCUT2D eigenvalue weighted by Crippen LogP contribution is -2.36. The van der Waals surface area contributed by atoms with E-state index in [1.54, 1.807) is 18.1 Å².